The van der Waals surface area contributed by atoms with Gasteiger partial charge >= 0.3 is 11.9 Å². The summed E-state index contributed by atoms with van der Waals surface area (Å²) in [6, 6.07) is 14.6. The van der Waals surface area contributed by atoms with Crippen molar-refractivity contribution >= 4 is 11.9 Å². The van der Waals surface area contributed by atoms with Crippen molar-refractivity contribution in [1.82, 2.24) is 0 Å². The predicted octanol–water partition coefficient (Wildman–Crippen LogP) is 2.60. The van der Waals surface area contributed by atoms with Gasteiger partial charge in [-0.15, -0.1) is 0 Å². The lowest BCUT2D eigenvalue weighted by molar-refractivity contribution is 0.0265. The molecule has 0 saturated carbocycles. The molecule has 4 bridgehead atoms. The molecule has 2 aromatic rings. The topological polar surface area (TPSA) is 52.6 Å². The van der Waals surface area contributed by atoms with Crippen molar-refractivity contribution in [2.75, 3.05) is 13.2 Å². The first-order chi connectivity index (χ1) is 10.2. The van der Waals surface area contributed by atoms with Crippen LogP contribution in [-0.4, -0.2) is 25.2 Å². The van der Waals surface area contributed by atoms with Gasteiger partial charge in [0.05, 0.1) is 11.1 Å². The van der Waals surface area contributed by atoms with Gasteiger partial charge in [-0.3, -0.25) is 0 Å². The van der Waals surface area contributed by atoms with Crippen molar-refractivity contribution in [2.45, 2.75) is 6.42 Å². The van der Waals surface area contributed by atoms with Crippen LogP contribution < -0.4 is 0 Å². The molecule has 0 unspecified atom stereocenters. The molecule has 0 atom stereocenters. The van der Waals surface area contributed by atoms with E-state index in [0.717, 1.165) is 17.5 Å². The summed E-state index contributed by atoms with van der Waals surface area (Å²) in [4.78, 5) is 23.6. The SMILES string of the molecule is O=C1OCCOC(=O)c2ccc(cc2)Cc2ccc1cc2. The highest BCUT2D eigenvalue weighted by Crippen LogP contribution is 2.14. The van der Waals surface area contributed by atoms with Gasteiger partial charge in [0, 0.05) is 0 Å². The smallest absolute Gasteiger partial charge is 0.338 e. The largest absolute Gasteiger partial charge is 0.458 e. The van der Waals surface area contributed by atoms with Crippen molar-refractivity contribution in [3.8, 4) is 0 Å². The van der Waals surface area contributed by atoms with Crippen LogP contribution in [0.15, 0.2) is 48.5 Å². The molecule has 5 rings (SSSR count). The second-order valence-corrected chi connectivity index (χ2v) is 4.84. The molecule has 0 N–H and O–H groups in total. The number of fused-ring (bicyclic) bond motifs is 2. The molecule has 0 aliphatic carbocycles. The van der Waals surface area contributed by atoms with Gasteiger partial charge in [-0.1, -0.05) is 24.3 Å². The molecule has 106 valence electrons. The average Bonchev–Trinajstić information content (AvgIpc) is 2.53. The van der Waals surface area contributed by atoms with Crippen LogP contribution in [0.4, 0.5) is 0 Å². The lowest BCUT2D eigenvalue weighted by Gasteiger charge is -2.06. The van der Waals surface area contributed by atoms with E-state index in [1.54, 1.807) is 24.3 Å². The Bertz CT molecular complexity index is 597. The van der Waals surface area contributed by atoms with E-state index < -0.39 is 11.9 Å². The number of hydrogen-bond donors (Lipinski definition) is 0. The Labute approximate surface area is 122 Å². The summed E-state index contributed by atoms with van der Waals surface area (Å²) in [6.07, 6.45) is 0.741. The molecular formula is C17H14O4. The van der Waals surface area contributed by atoms with Gasteiger partial charge in [0.25, 0.3) is 0 Å². The first kappa shape index (κ1) is 13.4. The number of carbonyl (C=O) groups is 2. The van der Waals surface area contributed by atoms with E-state index >= 15 is 0 Å². The van der Waals surface area contributed by atoms with E-state index in [4.69, 9.17) is 9.47 Å². The van der Waals surface area contributed by atoms with Crippen LogP contribution in [0.3, 0.4) is 0 Å². The van der Waals surface area contributed by atoms with Crippen molar-refractivity contribution in [3.05, 3.63) is 70.8 Å². The summed E-state index contributed by atoms with van der Waals surface area (Å²) in [5.74, 6) is -0.820. The van der Waals surface area contributed by atoms with E-state index in [2.05, 4.69) is 0 Å². The lowest BCUT2D eigenvalue weighted by atomic mass is 10.0. The minimum atomic E-state index is -0.410. The molecule has 3 aliphatic heterocycles. The fraction of sp³-hybridized carbons (Fsp3) is 0.176. The number of hydrogen-bond acceptors (Lipinski definition) is 4. The number of carbonyl (C=O) groups excluding carboxylic acids is 2. The highest BCUT2D eigenvalue weighted by molar-refractivity contribution is 5.90. The maximum atomic E-state index is 11.8. The van der Waals surface area contributed by atoms with Gasteiger partial charge in [0.2, 0.25) is 0 Å². The van der Waals surface area contributed by atoms with Crippen LogP contribution >= 0.6 is 0 Å². The molecule has 0 saturated heterocycles. The number of ether oxygens (including phenoxy) is 2. The zero-order chi connectivity index (χ0) is 14.7. The molecule has 2 aromatic carbocycles. The van der Waals surface area contributed by atoms with Crippen LogP contribution in [0, 0.1) is 0 Å². The molecule has 4 nitrogen and oxygen atoms in total. The van der Waals surface area contributed by atoms with Crippen LogP contribution in [0.25, 0.3) is 0 Å². The van der Waals surface area contributed by atoms with Crippen molar-refractivity contribution in [3.63, 3.8) is 0 Å². The fourth-order valence-corrected chi connectivity index (χ4v) is 2.19. The summed E-state index contributed by atoms with van der Waals surface area (Å²) >= 11 is 0. The Kier molecular flexibility index (Phi) is 3.69. The Hall–Kier alpha value is -2.62. The summed E-state index contributed by atoms with van der Waals surface area (Å²) in [5, 5.41) is 0. The third kappa shape index (κ3) is 3.11. The van der Waals surface area contributed by atoms with E-state index in [0.29, 0.717) is 11.1 Å². The van der Waals surface area contributed by atoms with Crippen LogP contribution in [-0.2, 0) is 15.9 Å². The highest BCUT2D eigenvalue weighted by Gasteiger charge is 2.11. The maximum absolute atomic E-state index is 11.8. The molecule has 4 heteroatoms. The second-order valence-electron chi connectivity index (χ2n) is 4.84. The van der Waals surface area contributed by atoms with Crippen LogP contribution in [0.2, 0.25) is 0 Å². The second kappa shape index (κ2) is 5.79. The van der Waals surface area contributed by atoms with Gasteiger partial charge in [0.1, 0.15) is 13.2 Å². The van der Waals surface area contributed by atoms with Gasteiger partial charge in [-0.05, 0) is 41.8 Å². The molecule has 0 spiro atoms. The molecule has 0 fully saturated rings. The number of rotatable bonds is 0. The monoisotopic (exact) mass is 282 g/mol. The van der Waals surface area contributed by atoms with Crippen molar-refractivity contribution in [2.24, 2.45) is 0 Å². The first-order valence-electron chi connectivity index (χ1n) is 6.74. The zero-order valence-corrected chi connectivity index (χ0v) is 11.4. The third-order valence-electron chi connectivity index (χ3n) is 3.34. The Morgan fingerprint density at radius 3 is 1.38 bits per heavy atom. The lowest BCUT2D eigenvalue weighted by Crippen LogP contribution is -2.14. The molecule has 0 radical (unpaired) electrons. The fourth-order valence-electron chi connectivity index (χ4n) is 2.19. The Morgan fingerprint density at radius 2 is 1.00 bits per heavy atom. The molecule has 0 aromatic heterocycles. The van der Waals surface area contributed by atoms with Gasteiger partial charge in [-0.25, -0.2) is 9.59 Å². The van der Waals surface area contributed by atoms with E-state index in [9.17, 15) is 9.59 Å². The molecule has 3 heterocycles. The summed E-state index contributed by atoms with van der Waals surface area (Å²) in [5.41, 5.74) is 3.18. The summed E-state index contributed by atoms with van der Waals surface area (Å²) < 4.78 is 10.1. The number of esters is 2. The zero-order valence-electron chi connectivity index (χ0n) is 11.4. The highest BCUT2D eigenvalue weighted by atomic mass is 16.6. The van der Waals surface area contributed by atoms with Gasteiger partial charge < -0.3 is 9.47 Å². The van der Waals surface area contributed by atoms with Crippen molar-refractivity contribution in [1.29, 1.82) is 0 Å². The molecule has 21 heavy (non-hydrogen) atoms. The third-order valence-corrected chi connectivity index (χ3v) is 3.34. The van der Waals surface area contributed by atoms with E-state index in [-0.39, 0.29) is 13.2 Å². The quantitative estimate of drug-likeness (QED) is 0.697. The normalized spacial score (nSPS) is 15.0. The Balaban J connectivity index is 1.92. The average molecular weight is 282 g/mol. The minimum absolute atomic E-state index is 0.0460. The maximum Gasteiger partial charge on any atom is 0.338 e. The summed E-state index contributed by atoms with van der Waals surface area (Å²) in [6.45, 7) is 0.0921. The summed E-state index contributed by atoms with van der Waals surface area (Å²) in [7, 11) is 0. The van der Waals surface area contributed by atoms with E-state index in [1.807, 2.05) is 24.3 Å². The van der Waals surface area contributed by atoms with Gasteiger partial charge in [-0.2, -0.15) is 0 Å². The van der Waals surface area contributed by atoms with E-state index in [1.165, 1.54) is 0 Å². The van der Waals surface area contributed by atoms with Crippen molar-refractivity contribution < 1.29 is 19.1 Å². The van der Waals surface area contributed by atoms with Crippen LogP contribution in [0.1, 0.15) is 31.8 Å². The number of benzene rings is 2. The standard InChI is InChI=1S/C17H14O4/c18-16-14-5-1-12(2-6-14)11-13-3-7-15(8-4-13)17(19)21-10-9-20-16/h1-8H,9-11H2. The van der Waals surface area contributed by atoms with Crippen LogP contribution in [0.5, 0.6) is 0 Å². The predicted molar refractivity (Wildman–Crippen MR) is 76.3 cm³/mol. The molecule has 0 amide bonds. The molecular weight excluding hydrogens is 268 g/mol. The first-order valence-corrected chi connectivity index (χ1v) is 6.74. The molecule has 3 aliphatic rings. The van der Waals surface area contributed by atoms with Gasteiger partial charge in [0.15, 0.2) is 0 Å². The Morgan fingerprint density at radius 1 is 0.619 bits per heavy atom. The minimum Gasteiger partial charge on any atom is -0.458 e.